The monoisotopic (exact) mass is 232 g/mol. The van der Waals surface area contributed by atoms with Crippen LogP contribution in [0.25, 0.3) is 0 Å². The summed E-state index contributed by atoms with van der Waals surface area (Å²) in [5, 5.41) is 0.518. The summed E-state index contributed by atoms with van der Waals surface area (Å²) in [6.45, 7) is 2.05. The molecule has 1 unspecified atom stereocenters. The summed E-state index contributed by atoms with van der Waals surface area (Å²) in [4.78, 5) is 16.2. The highest BCUT2D eigenvalue weighted by molar-refractivity contribution is 7.13. The van der Waals surface area contributed by atoms with Gasteiger partial charge in [0.25, 0.3) is 0 Å². The lowest BCUT2D eigenvalue weighted by atomic mass is 10.2. The molecule has 0 aliphatic rings. The molecule has 3 nitrogen and oxygen atoms in total. The zero-order valence-corrected chi connectivity index (χ0v) is 9.57. The van der Waals surface area contributed by atoms with Crippen LogP contribution in [0.4, 0.5) is 0 Å². The van der Waals surface area contributed by atoms with E-state index in [1.165, 1.54) is 11.3 Å². The average molecular weight is 233 g/mol. The molecular weight excluding hydrogens is 220 g/mol. The first-order valence-electron chi connectivity index (χ1n) is 4.53. The van der Waals surface area contributed by atoms with Gasteiger partial charge in [-0.1, -0.05) is 24.9 Å². The lowest BCUT2D eigenvalue weighted by Crippen LogP contribution is -1.98. The number of carbonyl (C=O) groups is 1. The van der Waals surface area contributed by atoms with E-state index in [0.29, 0.717) is 11.4 Å². The van der Waals surface area contributed by atoms with E-state index in [0.717, 1.165) is 17.7 Å². The van der Waals surface area contributed by atoms with E-state index in [1.807, 2.05) is 0 Å². The number of unbranched alkanes of at least 4 members (excludes halogenated alkanes) is 1. The summed E-state index contributed by atoms with van der Waals surface area (Å²) in [5.74, 6) is 0.0837. The molecule has 2 N–H and O–H groups in total. The van der Waals surface area contributed by atoms with Crippen molar-refractivity contribution in [3.05, 3.63) is 16.1 Å². The number of hydrogen-bond donors (Lipinski definition) is 1. The Labute approximate surface area is 92.3 Å². The van der Waals surface area contributed by atoms with Gasteiger partial charge < -0.3 is 5.73 Å². The van der Waals surface area contributed by atoms with Gasteiger partial charge in [0.1, 0.15) is 5.50 Å². The van der Waals surface area contributed by atoms with Gasteiger partial charge in [-0.2, -0.15) is 0 Å². The first-order chi connectivity index (χ1) is 6.65. The maximum atomic E-state index is 11.5. The molecule has 0 aliphatic heterocycles. The lowest BCUT2D eigenvalue weighted by molar-refractivity contribution is 0.0979. The summed E-state index contributed by atoms with van der Waals surface area (Å²) in [6.07, 6.45) is 4.04. The van der Waals surface area contributed by atoms with Gasteiger partial charge in [-0.25, -0.2) is 4.98 Å². The predicted octanol–water partition coefficient (Wildman–Crippen LogP) is 2.71. The average Bonchev–Trinajstić information content (AvgIpc) is 2.62. The predicted molar refractivity (Wildman–Crippen MR) is 58.8 cm³/mol. The molecule has 1 atom stereocenters. The Morgan fingerprint density at radius 2 is 2.50 bits per heavy atom. The summed E-state index contributed by atoms with van der Waals surface area (Å²) in [7, 11) is 0. The van der Waals surface area contributed by atoms with Crippen LogP contribution in [-0.2, 0) is 0 Å². The van der Waals surface area contributed by atoms with Crippen molar-refractivity contribution in [2.24, 2.45) is 5.73 Å². The minimum Gasteiger partial charge on any atom is -0.311 e. The molecular formula is C9H13ClN2OS. The molecule has 0 spiro atoms. The molecule has 0 saturated carbocycles. The van der Waals surface area contributed by atoms with Gasteiger partial charge >= 0.3 is 0 Å². The number of ketones is 1. The zero-order valence-electron chi connectivity index (χ0n) is 8.00. The first kappa shape index (κ1) is 11.6. The van der Waals surface area contributed by atoms with Gasteiger partial charge in [0, 0.05) is 12.6 Å². The van der Waals surface area contributed by atoms with Crippen LogP contribution in [0.2, 0.25) is 0 Å². The summed E-state index contributed by atoms with van der Waals surface area (Å²) >= 11 is 6.94. The van der Waals surface area contributed by atoms with Crippen LogP contribution in [0.15, 0.2) is 6.20 Å². The van der Waals surface area contributed by atoms with Crippen molar-refractivity contribution < 1.29 is 4.79 Å². The molecule has 1 aromatic rings. The van der Waals surface area contributed by atoms with E-state index in [1.54, 1.807) is 6.20 Å². The van der Waals surface area contributed by atoms with E-state index >= 15 is 0 Å². The van der Waals surface area contributed by atoms with Gasteiger partial charge in [0.15, 0.2) is 10.8 Å². The second kappa shape index (κ2) is 5.44. The second-order valence-corrected chi connectivity index (χ2v) is 4.53. The molecule has 0 aromatic carbocycles. The summed E-state index contributed by atoms with van der Waals surface area (Å²) in [5.41, 5.74) is 4.90. The number of nitrogens with zero attached hydrogens (tertiary/aromatic N) is 1. The van der Waals surface area contributed by atoms with Crippen molar-refractivity contribution >= 4 is 28.7 Å². The fourth-order valence-electron chi connectivity index (χ4n) is 0.987. The normalized spacial score (nSPS) is 12.8. The van der Waals surface area contributed by atoms with Crippen molar-refractivity contribution in [3.63, 3.8) is 0 Å². The van der Waals surface area contributed by atoms with Crippen LogP contribution in [0, 0.1) is 0 Å². The highest BCUT2D eigenvalue weighted by atomic mass is 35.5. The fraction of sp³-hybridized carbons (Fsp3) is 0.556. The van der Waals surface area contributed by atoms with E-state index in [4.69, 9.17) is 17.3 Å². The summed E-state index contributed by atoms with van der Waals surface area (Å²) in [6, 6.07) is 0. The number of thiazole rings is 1. The number of hydrogen-bond acceptors (Lipinski definition) is 4. The molecule has 0 fully saturated rings. The number of aromatic nitrogens is 1. The molecule has 0 radical (unpaired) electrons. The van der Waals surface area contributed by atoms with Gasteiger partial charge in [-0.15, -0.1) is 11.3 Å². The molecule has 0 amide bonds. The lowest BCUT2D eigenvalue weighted by Gasteiger charge is -1.95. The smallest absolute Gasteiger partial charge is 0.191 e. The molecule has 1 heterocycles. The number of alkyl halides is 1. The van der Waals surface area contributed by atoms with Crippen molar-refractivity contribution in [2.45, 2.75) is 31.7 Å². The fourth-order valence-corrected chi connectivity index (χ4v) is 1.94. The van der Waals surface area contributed by atoms with Crippen molar-refractivity contribution in [1.29, 1.82) is 0 Å². The Balaban J connectivity index is 2.62. The SMILES string of the molecule is CCCCC(=O)c1ncc(C(N)Cl)s1. The third kappa shape index (κ3) is 3.04. The Bertz CT molecular complexity index is 312. The van der Waals surface area contributed by atoms with Crippen molar-refractivity contribution in [2.75, 3.05) is 0 Å². The standard InChI is InChI=1S/C9H13ClN2OS/c1-2-3-4-6(13)9-12-5-7(14-9)8(10)11/h5,8H,2-4,11H2,1H3. The van der Waals surface area contributed by atoms with Crippen LogP contribution < -0.4 is 5.73 Å². The van der Waals surface area contributed by atoms with Crippen LogP contribution in [0.5, 0.6) is 0 Å². The number of Topliss-reactive ketones (excluding diaryl/α,β-unsaturated/α-hetero) is 1. The largest absolute Gasteiger partial charge is 0.311 e. The highest BCUT2D eigenvalue weighted by Crippen LogP contribution is 2.22. The van der Waals surface area contributed by atoms with Crippen molar-refractivity contribution in [1.82, 2.24) is 4.98 Å². The minimum atomic E-state index is -0.555. The zero-order chi connectivity index (χ0) is 10.6. The highest BCUT2D eigenvalue weighted by Gasteiger charge is 2.12. The van der Waals surface area contributed by atoms with Crippen LogP contribution >= 0.6 is 22.9 Å². The van der Waals surface area contributed by atoms with Gasteiger partial charge in [-0.3, -0.25) is 4.79 Å². The topological polar surface area (TPSA) is 56.0 Å². The Hall–Kier alpha value is -0.450. The number of carbonyl (C=O) groups excluding carboxylic acids is 1. The summed E-state index contributed by atoms with van der Waals surface area (Å²) < 4.78 is 0. The maximum absolute atomic E-state index is 11.5. The molecule has 5 heteroatoms. The van der Waals surface area contributed by atoms with E-state index in [-0.39, 0.29) is 5.78 Å². The second-order valence-electron chi connectivity index (χ2n) is 3.00. The van der Waals surface area contributed by atoms with Gasteiger partial charge in [-0.05, 0) is 6.42 Å². The van der Waals surface area contributed by atoms with Crippen LogP contribution in [0.3, 0.4) is 0 Å². The molecule has 14 heavy (non-hydrogen) atoms. The third-order valence-electron chi connectivity index (χ3n) is 1.79. The number of nitrogens with two attached hydrogens (primary N) is 1. The molecule has 78 valence electrons. The first-order valence-corrected chi connectivity index (χ1v) is 5.79. The molecule has 0 saturated heterocycles. The Morgan fingerprint density at radius 1 is 1.79 bits per heavy atom. The Kier molecular flexibility index (Phi) is 4.51. The van der Waals surface area contributed by atoms with Crippen molar-refractivity contribution in [3.8, 4) is 0 Å². The number of rotatable bonds is 5. The van der Waals surface area contributed by atoms with E-state index in [9.17, 15) is 4.79 Å². The van der Waals surface area contributed by atoms with Gasteiger partial charge in [0.05, 0.1) is 4.88 Å². The molecule has 0 aliphatic carbocycles. The van der Waals surface area contributed by atoms with Crippen LogP contribution in [-0.4, -0.2) is 10.8 Å². The van der Waals surface area contributed by atoms with Gasteiger partial charge in [0.2, 0.25) is 0 Å². The maximum Gasteiger partial charge on any atom is 0.191 e. The molecule has 1 aromatic heterocycles. The quantitative estimate of drug-likeness (QED) is 0.483. The van der Waals surface area contributed by atoms with Crippen LogP contribution in [0.1, 0.15) is 46.4 Å². The molecule has 0 bridgehead atoms. The third-order valence-corrected chi connectivity index (χ3v) is 3.28. The molecule has 1 rings (SSSR count). The van der Waals surface area contributed by atoms with E-state index < -0.39 is 5.50 Å². The number of halogens is 1. The minimum absolute atomic E-state index is 0.0837. The Morgan fingerprint density at radius 3 is 3.00 bits per heavy atom. The van der Waals surface area contributed by atoms with E-state index in [2.05, 4.69) is 11.9 Å².